The number of anilines is 2. The summed E-state index contributed by atoms with van der Waals surface area (Å²) in [5, 5.41) is 9.89. The number of imidazole rings is 1. The largest absolute Gasteiger partial charge is 0.354 e. The van der Waals surface area contributed by atoms with Gasteiger partial charge in [-0.1, -0.05) is 12.1 Å². The highest BCUT2D eigenvalue weighted by atomic mass is 16.1. The van der Waals surface area contributed by atoms with Gasteiger partial charge in [-0.15, -0.1) is 0 Å². The summed E-state index contributed by atoms with van der Waals surface area (Å²) < 4.78 is 0. The van der Waals surface area contributed by atoms with Gasteiger partial charge in [-0.25, -0.2) is 9.97 Å². The average Bonchev–Trinajstić information content (AvgIpc) is 3.41. The van der Waals surface area contributed by atoms with Crippen LogP contribution in [-0.2, 0) is 0 Å². The van der Waals surface area contributed by atoms with Crippen molar-refractivity contribution in [3.63, 3.8) is 0 Å². The first-order chi connectivity index (χ1) is 14.7. The molecule has 1 fully saturated rings. The second-order valence-corrected chi connectivity index (χ2v) is 7.42. The van der Waals surface area contributed by atoms with E-state index in [0.717, 1.165) is 43.0 Å². The lowest BCUT2D eigenvalue weighted by Gasteiger charge is -2.33. The fourth-order valence-corrected chi connectivity index (χ4v) is 3.52. The van der Waals surface area contributed by atoms with E-state index in [2.05, 4.69) is 47.3 Å². The number of hydrogen-bond acceptors (Lipinski definition) is 6. The Balaban J connectivity index is 1.26. The highest BCUT2D eigenvalue weighted by molar-refractivity contribution is 6.03. The van der Waals surface area contributed by atoms with Gasteiger partial charge in [0.2, 0.25) is 0 Å². The first-order valence-corrected chi connectivity index (χ1v) is 9.87. The number of nitrogens with one attached hydrogen (secondary N) is 3. The maximum Gasteiger partial charge on any atom is 0.258 e. The molecule has 0 unspecified atom stereocenters. The second kappa shape index (κ2) is 7.60. The lowest BCUT2D eigenvalue weighted by molar-refractivity contribution is 0.102. The Labute approximate surface area is 173 Å². The third-order valence-electron chi connectivity index (χ3n) is 5.30. The smallest absolute Gasteiger partial charge is 0.258 e. The normalized spacial score (nSPS) is 14.9. The minimum atomic E-state index is -0.255. The zero-order valence-electron chi connectivity index (χ0n) is 16.6. The number of fused-ring (bicyclic) bond motifs is 1. The molecule has 4 aromatic rings. The van der Waals surface area contributed by atoms with Gasteiger partial charge < -0.3 is 20.1 Å². The third kappa shape index (κ3) is 3.62. The van der Waals surface area contributed by atoms with Crippen molar-refractivity contribution in [1.29, 1.82) is 0 Å². The Hall–Kier alpha value is -3.72. The summed E-state index contributed by atoms with van der Waals surface area (Å²) in [6.07, 6.45) is 1.61. The van der Waals surface area contributed by atoms with E-state index in [1.54, 1.807) is 18.3 Å². The molecule has 9 nitrogen and oxygen atoms in total. The molecular formula is C21H22N8O. The van der Waals surface area contributed by atoms with Gasteiger partial charge in [0.1, 0.15) is 11.5 Å². The zero-order valence-corrected chi connectivity index (χ0v) is 16.6. The number of hydrogen-bond donors (Lipinski definition) is 3. The van der Waals surface area contributed by atoms with Gasteiger partial charge >= 0.3 is 0 Å². The van der Waals surface area contributed by atoms with Gasteiger partial charge in [0, 0.05) is 38.4 Å². The zero-order chi connectivity index (χ0) is 20.5. The fraction of sp³-hybridized carbons (Fsp3) is 0.238. The summed E-state index contributed by atoms with van der Waals surface area (Å²) in [6.45, 7) is 3.90. The molecule has 5 rings (SSSR count). The number of H-pyrrole nitrogens is 2. The predicted molar refractivity (Wildman–Crippen MR) is 116 cm³/mol. The van der Waals surface area contributed by atoms with Crippen LogP contribution in [-0.4, -0.2) is 69.2 Å². The van der Waals surface area contributed by atoms with Crippen LogP contribution in [0.15, 0.2) is 48.7 Å². The highest BCUT2D eigenvalue weighted by Gasteiger charge is 2.16. The average molecular weight is 402 g/mol. The molecule has 0 spiro atoms. The molecule has 152 valence electrons. The number of carbonyl (C=O) groups is 1. The van der Waals surface area contributed by atoms with E-state index in [9.17, 15) is 4.79 Å². The molecular weight excluding hydrogens is 380 g/mol. The fourth-order valence-electron chi connectivity index (χ4n) is 3.52. The summed E-state index contributed by atoms with van der Waals surface area (Å²) >= 11 is 0. The van der Waals surface area contributed by atoms with Crippen LogP contribution in [0.4, 0.5) is 11.6 Å². The van der Waals surface area contributed by atoms with Gasteiger partial charge in [0.25, 0.3) is 5.91 Å². The van der Waals surface area contributed by atoms with Crippen LogP contribution >= 0.6 is 0 Å². The first kappa shape index (κ1) is 18.3. The van der Waals surface area contributed by atoms with Crippen molar-refractivity contribution in [3.8, 4) is 11.5 Å². The van der Waals surface area contributed by atoms with E-state index in [-0.39, 0.29) is 5.91 Å². The number of para-hydroxylation sites is 2. The van der Waals surface area contributed by atoms with Gasteiger partial charge in [0.05, 0.1) is 16.6 Å². The molecule has 1 aromatic carbocycles. The molecule has 0 saturated carbocycles. The van der Waals surface area contributed by atoms with Crippen LogP contribution in [0.2, 0.25) is 0 Å². The number of aromatic nitrogens is 5. The Morgan fingerprint density at radius 2 is 1.93 bits per heavy atom. The van der Waals surface area contributed by atoms with Gasteiger partial charge in [-0.3, -0.25) is 9.89 Å². The topological polar surface area (TPSA) is 106 Å². The van der Waals surface area contributed by atoms with Crippen molar-refractivity contribution < 1.29 is 4.79 Å². The third-order valence-corrected chi connectivity index (χ3v) is 5.30. The number of benzene rings is 1. The summed E-state index contributed by atoms with van der Waals surface area (Å²) in [4.78, 5) is 29.4. The molecule has 3 aromatic heterocycles. The number of likely N-dealkylation sites (N-methyl/N-ethyl adjacent to an activating group) is 1. The minimum absolute atomic E-state index is 0.255. The summed E-state index contributed by atoms with van der Waals surface area (Å²) in [5.74, 6) is 1.74. The molecule has 9 heteroatoms. The van der Waals surface area contributed by atoms with E-state index >= 15 is 0 Å². The van der Waals surface area contributed by atoms with Crippen LogP contribution in [0, 0.1) is 0 Å². The Morgan fingerprint density at radius 1 is 1.10 bits per heavy atom. The molecule has 30 heavy (non-hydrogen) atoms. The summed E-state index contributed by atoms with van der Waals surface area (Å²) in [6, 6.07) is 13.2. The number of carbonyl (C=O) groups excluding carboxylic acids is 1. The molecule has 3 N–H and O–H groups in total. The Bertz CT molecular complexity index is 1140. The summed E-state index contributed by atoms with van der Waals surface area (Å²) in [7, 11) is 2.12. The maximum absolute atomic E-state index is 12.6. The molecule has 1 amide bonds. The van der Waals surface area contributed by atoms with E-state index < -0.39 is 0 Å². The minimum Gasteiger partial charge on any atom is -0.354 e. The van der Waals surface area contributed by atoms with Crippen LogP contribution in [0.5, 0.6) is 0 Å². The molecule has 0 atom stereocenters. The second-order valence-electron chi connectivity index (χ2n) is 7.42. The molecule has 0 bridgehead atoms. The SMILES string of the molecule is CN1CCN(c2ccc(C(=O)Nc3cc(-c4nc5ccccc5[nH]4)[nH]n3)cn2)CC1. The lowest BCUT2D eigenvalue weighted by Crippen LogP contribution is -2.44. The number of nitrogens with zero attached hydrogens (tertiary/aromatic N) is 5. The molecule has 1 saturated heterocycles. The standard InChI is InChI=1S/C21H22N8O/c1-28-8-10-29(11-9-28)19-7-6-14(13-22-19)21(30)25-18-12-17(26-27-18)20-23-15-4-2-3-5-16(15)24-20/h2-7,12-13H,8-11H2,1H3,(H,23,24)(H2,25,26,27,30). The van der Waals surface area contributed by atoms with Crippen molar-refractivity contribution in [2.24, 2.45) is 0 Å². The van der Waals surface area contributed by atoms with Gasteiger partial charge in [-0.05, 0) is 31.3 Å². The van der Waals surface area contributed by atoms with Crippen molar-refractivity contribution in [2.45, 2.75) is 0 Å². The van der Waals surface area contributed by atoms with Crippen LogP contribution in [0.3, 0.4) is 0 Å². The molecule has 0 aliphatic carbocycles. The monoisotopic (exact) mass is 402 g/mol. The van der Waals surface area contributed by atoms with E-state index in [1.165, 1.54) is 0 Å². The Kier molecular flexibility index (Phi) is 4.64. The van der Waals surface area contributed by atoms with Crippen LogP contribution < -0.4 is 10.2 Å². The number of piperazine rings is 1. The maximum atomic E-state index is 12.6. The van der Waals surface area contributed by atoms with Crippen molar-refractivity contribution >= 4 is 28.6 Å². The molecule has 1 aliphatic heterocycles. The van der Waals surface area contributed by atoms with Gasteiger partial charge in [-0.2, -0.15) is 5.10 Å². The van der Waals surface area contributed by atoms with E-state index in [1.807, 2.05) is 30.3 Å². The predicted octanol–water partition coefficient (Wildman–Crippen LogP) is 2.35. The summed E-state index contributed by atoms with van der Waals surface area (Å²) in [5.41, 5.74) is 3.00. The highest BCUT2D eigenvalue weighted by Crippen LogP contribution is 2.21. The quantitative estimate of drug-likeness (QED) is 0.484. The van der Waals surface area contributed by atoms with Gasteiger partial charge in [0.15, 0.2) is 11.6 Å². The van der Waals surface area contributed by atoms with Crippen molar-refractivity contribution in [1.82, 2.24) is 30.0 Å². The number of rotatable bonds is 4. The van der Waals surface area contributed by atoms with Crippen LogP contribution in [0.1, 0.15) is 10.4 Å². The van der Waals surface area contributed by atoms with Crippen molar-refractivity contribution in [2.75, 3.05) is 43.4 Å². The van der Waals surface area contributed by atoms with E-state index in [0.29, 0.717) is 22.9 Å². The molecule has 0 radical (unpaired) electrons. The first-order valence-electron chi connectivity index (χ1n) is 9.87. The van der Waals surface area contributed by atoms with Crippen LogP contribution in [0.25, 0.3) is 22.6 Å². The van der Waals surface area contributed by atoms with Crippen molar-refractivity contribution in [3.05, 3.63) is 54.2 Å². The van der Waals surface area contributed by atoms with E-state index in [4.69, 9.17) is 0 Å². The number of pyridine rings is 1. The lowest BCUT2D eigenvalue weighted by atomic mass is 10.2. The number of aromatic amines is 2. The number of amides is 1. The Morgan fingerprint density at radius 3 is 2.70 bits per heavy atom. The molecule has 4 heterocycles. The molecule has 1 aliphatic rings.